The van der Waals surface area contributed by atoms with Crippen LogP contribution in [0.4, 0.5) is 5.13 Å². The Labute approximate surface area is 167 Å². The predicted octanol–water partition coefficient (Wildman–Crippen LogP) is 2.48. The molecule has 0 bridgehead atoms. The summed E-state index contributed by atoms with van der Waals surface area (Å²) in [5.41, 5.74) is 1.05. The Balaban J connectivity index is 1.59. The summed E-state index contributed by atoms with van der Waals surface area (Å²) in [4.78, 5) is 32.2. The van der Waals surface area contributed by atoms with Gasteiger partial charge in [-0.05, 0) is 39.2 Å². The normalized spacial score (nSPS) is 17.2. The number of anilines is 1. The van der Waals surface area contributed by atoms with Gasteiger partial charge < -0.3 is 10.2 Å². The van der Waals surface area contributed by atoms with Crippen molar-refractivity contribution < 1.29 is 4.79 Å². The van der Waals surface area contributed by atoms with E-state index >= 15 is 0 Å². The maximum absolute atomic E-state index is 13.1. The Bertz CT molecular complexity index is 1070. The topological polar surface area (TPSA) is 79.6 Å². The first-order valence-corrected chi connectivity index (χ1v) is 10.2. The summed E-state index contributed by atoms with van der Waals surface area (Å²) in [6.45, 7) is 6.53. The van der Waals surface area contributed by atoms with Crippen molar-refractivity contribution in [1.82, 2.24) is 19.9 Å². The van der Waals surface area contributed by atoms with Crippen LogP contribution in [0.15, 0.2) is 41.2 Å². The van der Waals surface area contributed by atoms with Gasteiger partial charge in [-0.15, -0.1) is 5.10 Å². The molecule has 1 aliphatic rings. The van der Waals surface area contributed by atoms with E-state index in [0.717, 1.165) is 24.9 Å². The molecular weight excluding hydrogens is 374 g/mol. The molecule has 0 radical (unpaired) electrons. The van der Waals surface area contributed by atoms with E-state index in [1.165, 1.54) is 21.9 Å². The molecule has 1 unspecified atom stereocenters. The summed E-state index contributed by atoms with van der Waals surface area (Å²) in [5, 5.41) is 8.27. The maximum Gasteiger partial charge on any atom is 0.275 e. The van der Waals surface area contributed by atoms with Crippen LogP contribution in [0, 0.1) is 6.92 Å². The monoisotopic (exact) mass is 397 g/mol. The van der Waals surface area contributed by atoms with E-state index in [4.69, 9.17) is 0 Å². The molecule has 0 aliphatic carbocycles. The van der Waals surface area contributed by atoms with Crippen molar-refractivity contribution in [3.8, 4) is 0 Å². The molecule has 7 nitrogen and oxygen atoms in total. The number of carbonyl (C=O) groups excluding carboxylic acids is 1. The largest absolute Gasteiger partial charge is 0.345 e. The molecule has 3 aromatic rings. The minimum atomic E-state index is -0.476. The second-order valence-corrected chi connectivity index (χ2v) is 8.58. The van der Waals surface area contributed by atoms with Crippen molar-refractivity contribution in [3.63, 3.8) is 0 Å². The number of benzene rings is 1. The van der Waals surface area contributed by atoms with Gasteiger partial charge in [-0.2, -0.15) is 4.52 Å². The van der Waals surface area contributed by atoms with Crippen molar-refractivity contribution >= 4 is 27.3 Å². The average molecular weight is 398 g/mol. The fourth-order valence-corrected chi connectivity index (χ4v) is 4.64. The molecule has 0 spiro atoms. The van der Waals surface area contributed by atoms with Gasteiger partial charge in [-0.3, -0.25) is 9.59 Å². The highest BCUT2D eigenvalue weighted by Gasteiger charge is 2.35. The number of nitrogens with zero attached hydrogens (tertiary/aromatic N) is 4. The number of carbonyl (C=O) groups is 1. The number of hydrogen-bond acceptors (Lipinski definition) is 6. The highest BCUT2D eigenvalue weighted by atomic mass is 32.1. The molecule has 1 fully saturated rings. The van der Waals surface area contributed by atoms with Gasteiger partial charge in [0.15, 0.2) is 0 Å². The molecule has 8 heteroatoms. The third-order valence-electron chi connectivity index (χ3n) is 5.09. The number of aryl methyl sites for hydroxylation is 1. The van der Waals surface area contributed by atoms with E-state index in [1.54, 1.807) is 6.92 Å². The zero-order chi connectivity index (χ0) is 19.9. The molecule has 0 saturated carbocycles. The summed E-state index contributed by atoms with van der Waals surface area (Å²) < 4.78 is 1.31. The Morgan fingerprint density at radius 1 is 1.29 bits per heavy atom. The molecule has 146 valence electrons. The lowest BCUT2D eigenvalue weighted by Gasteiger charge is -2.31. The Morgan fingerprint density at radius 3 is 2.79 bits per heavy atom. The first-order valence-electron chi connectivity index (χ1n) is 9.37. The van der Waals surface area contributed by atoms with Gasteiger partial charge in [0.25, 0.3) is 5.56 Å². The number of fused-ring (bicyclic) bond motifs is 1. The number of hydrogen-bond donors (Lipinski definition) is 1. The van der Waals surface area contributed by atoms with Gasteiger partial charge in [0.05, 0.1) is 5.54 Å². The van der Waals surface area contributed by atoms with Crippen LogP contribution in [0.3, 0.4) is 0 Å². The molecule has 28 heavy (non-hydrogen) atoms. The Hall–Kier alpha value is -2.74. The van der Waals surface area contributed by atoms with Crippen molar-refractivity contribution in [1.29, 1.82) is 0 Å². The van der Waals surface area contributed by atoms with Crippen LogP contribution in [-0.4, -0.2) is 33.1 Å². The van der Waals surface area contributed by atoms with E-state index in [-0.39, 0.29) is 17.5 Å². The fraction of sp³-hybridized carbons (Fsp3) is 0.400. The Morgan fingerprint density at radius 2 is 2.04 bits per heavy atom. The van der Waals surface area contributed by atoms with Crippen molar-refractivity contribution in [3.05, 3.63) is 58.0 Å². The van der Waals surface area contributed by atoms with E-state index in [9.17, 15) is 9.59 Å². The number of rotatable bonds is 4. The van der Waals surface area contributed by atoms with Crippen molar-refractivity contribution in [2.45, 2.75) is 45.2 Å². The van der Waals surface area contributed by atoms with Crippen molar-refractivity contribution in [2.24, 2.45) is 0 Å². The summed E-state index contributed by atoms with van der Waals surface area (Å²) in [7, 11) is 0. The van der Waals surface area contributed by atoms with E-state index in [1.807, 2.05) is 49.1 Å². The lowest BCUT2D eigenvalue weighted by atomic mass is 9.94. The van der Waals surface area contributed by atoms with Crippen LogP contribution in [0.2, 0.25) is 0 Å². The third-order valence-corrected chi connectivity index (χ3v) is 6.04. The smallest absolute Gasteiger partial charge is 0.275 e. The van der Waals surface area contributed by atoms with Crippen molar-refractivity contribution in [2.75, 3.05) is 11.4 Å². The van der Waals surface area contributed by atoms with Crippen LogP contribution < -0.4 is 15.8 Å². The molecule has 1 aliphatic heterocycles. The van der Waals surface area contributed by atoms with E-state index in [0.29, 0.717) is 15.8 Å². The van der Waals surface area contributed by atoms with Gasteiger partial charge in [-0.25, -0.2) is 4.98 Å². The number of amides is 1. The molecule has 4 rings (SSSR count). The summed E-state index contributed by atoms with van der Waals surface area (Å²) in [6, 6.07) is 11.1. The van der Waals surface area contributed by atoms with Crippen LogP contribution in [0.5, 0.6) is 0 Å². The molecule has 3 heterocycles. The zero-order valence-corrected chi connectivity index (χ0v) is 17.0. The van der Waals surface area contributed by atoms with E-state index < -0.39 is 5.54 Å². The quantitative estimate of drug-likeness (QED) is 0.732. The zero-order valence-electron chi connectivity index (χ0n) is 16.2. The highest BCUT2D eigenvalue weighted by molar-refractivity contribution is 7.20. The molecule has 2 aromatic heterocycles. The number of aromatic nitrogens is 3. The minimum absolute atomic E-state index is 0.0258. The SMILES string of the molecule is Cc1cc(=O)n2nc(N3CCCC3C(=O)NC(C)(C)c3ccccc3)sc2n1. The summed E-state index contributed by atoms with van der Waals surface area (Å²) in [5.74, 6) is -0.0258. The average Bonchev–Trinajstić information content (AvgIpc) is 3.28. The lowest BCUT2D eigenvalue weighted by Crippen LogP contribution is -2.50. The van der Waals surface area contributed by atoms with Gasteiger partial charge in [0.2, 0.25) is 16.0 Å². The molecule has 1 N–H and O–H groups in total. The summed E-state index contributed by atoms with van der Waals surface area (Å²) >= 11 is 1.35. The second-order valence-electron chi connectivity index (χ2n) is 7.65. The predicted molar refractivity (Wildman–Crippen MR) is 110 cm³/mol. The molecule has 1 saturated heterocycles. The Kier molecular flexibility index (Phi) is 4.66. The van der Waals surface area contributed by atoms with Gasteiger partial charge in [0.1, 0.15) is 6.04 Å². The highest BCUT2D eigenvalue weighted by Crippen LogP contribution is 2.30. The minimum Gasteiger partial charge on any atom is -0.345 e. The van der Waals surface area contributed by atoms with Gasteiger partial charge in [-0.1, -0.05) is 41.7 Å². The number of nitrogens with one attached hydrogen (secondary N) is 1. The first kappa shape index (κ1) is 18.6. The van der Waals surface area contributed by atoms with Crippen LogP contribution in [0.25, 0.3) is 4.96 Å². The molecule has 1 atom stereocenters. The fourth-order valence-electron chi connectivity index (χ4n) is 3.61. The molecule has 1 aromatic carbocycles. The van der Waals surface area contributed by atoms with Gasteiger partial charge in [0, 0.05) is 18.3 Å². The van der Waals surface area contributed by atoms with E-state index in [2.05, 4.69) is 15.4 Å². The summed E-state index contributed by atoms with van der Waals surface area (Å²) in [6.07, 6.45) is 1.66. The molecular formula is C20H23N5O2S. The van der Waals surface area contributed by atoms with Crippen LogP contribution in [-0.2, 0) is 10.3 Å². The first-order chi connectivity index (χ1) is 13.3. The maximum atomic E-state index is 13.1. The lowest BCUT2D eigenvalue weighted by molar-refractivity contribution is -0.123. The van der Waals surface area contributed by atoms with Gasteiger partial charge >= 0.3 is 0 Å². The second kappa shape index (κ2) is 7.01. The standard InChI is InChI=1S/C20H23N5O2S/c1-13-12-16(26)25-18(21-13)28-19(23-25)24-11-7-10-15(24)17(27)22-20(2,3)14-8-5-4-6-9-14/h4-6,8-9,12,15H,7,10-11H2,1-3H3,(H,22,27). The van der Waals surface area contributed by atoms with Crippen LogP contribution in [0.1, 0.15) is 37.9 Å². The molecule has 1 amide bonds. The van der Waals surface area contributed by atoms with Crippen LogP contribution >= 0.6 is 11.3 Å². The third kappa shape index (κ3) is 3.40.